The fraction of sp³-hybridized carbons (Fsp3) is 0.188. The van der Waals surface area contributed by atoms with Crippen LogP contribution in [0.15, 0.2) is 30.3 Å². The number of ether oxygens (including phenoxy) is 2. The molecule has 0 radical (unpaired) electrons. The number of hydrogen-bond acceptors (Lipinski definition) is 3. The lowest BCUT2D eigenvalue weighted by molar-refractivity contribution is 0.405. The first-order valence-electron chi connectivity index (χ1n) is 6.85. The maximum atomic E-state index is 13.8. The summed E-state index contributed by atoms with van der Waals surface area (Å²) in [5.41, 5.74) is 1.03. The summed E-state index contributed by atoms with van der Waals surface area (Å²) in [4.78, 5) is 0. The van der Waals surface area contributed by atoms with E-state index in [9.17, 15) is 4.39 Å². The molecule has 0 aliphatic carbocycles. The quantitative estimate of drug-likeness (QED) is 0.730. The molecule has 0 spiro atoms. The zero-order valence-electron chi connectivity index (χ0n) is 13.0. The summed E-state index contributed by atoms with van der Waals surface area (Å²) in [6.45, 7) is 0.210. The van der Waals surface area contributed by atoms with Crippen LogP contribution >= 0.6 is 35.4 Å². The third-order valence-corrected chi connectivity index (χ3v) is 3.95. The van der Waals surface area contributed by atoms with Gasteiger partial charge in [-0.25, -0.2) is 4.39 Å². The van der Waals surface area contributed by atoms with Crippen LogP contribution < -0.4 is 20.1 Å². The molecule has 0 fully saturated rings. The molecule has 0 unspecified atom stereocenters. The van der Waals surface area contributed by atoms with Crippen LogP contribution in [0.3, 0.4) is 0 Å². The van der Waals surface area contributed by atoms with Crippen molar-refractivity contribution in [1.29, 1.82) is 0 Å². The Hall–Kier alpha value is -1.76. The summed E-state index contributed by atoms with van der Waals surface area (Å²) in [6, 6.07) is 7.74. The largest absolute Gasteiger partial charge is 0.495 e. The van der Waals surface area contributed by atoms with Crippen molar-refractivity contribution in [3.63, 3.8) is 0 Å². The number of hydrogen-bond donors (Lipinski definition) is 2. The summed E-state index contributed by atoms with van der Waals surface area (Å²) in [6.07, 6.45) is 0. The first-order chi connectivity index (χ1) is 11.4. The van der Waals surface area contributed by atoms with Gasteiger partial charge < -0.3 is 20.1 Å². The number of anilines is 1. The van der Waals surface area contributed by atoms with E-state index >= 15 is 0 Å². The Kier molecular flexibility index (Phi) is 6.48. The summed E-state index contributed by atoms with van der Waals surface area (Å²) < 4.78 is 24.2. The van der Waals surface area contributed by atoms with Crippen LogP contribution in [0.5, 0.6) is 11.5 Å². The number of rotatable bonds is 5. The smallest absolute Gasteiger partial charge is 0.171 e. The summed E-state index contributed by atoms with van der Waals surface area (Å²) in [5.74, 6) is 0.581. The zero-order chi connectivity index (χ0) is 17.7. The molecule has 0 bridgehead atoms. The van der Waals surface area contributed by atoms with E-state index in [1.807, 2.05) is 0 Å². The highest BCUT2D eigenvalue weighted by atomic mass is 35.5. The average molecular weight is 389 g/mol. The molecular formula is C16H15Cl2FN2O2S. The van der Waals surface area contributed by atoms with Crippen LogP contribution in [-0.4, -0.2) is 19.3 Å². The molecule has 0 atom stereocenters. The van der Waals surface area contributed by atoms with Crippen LogP contribution in [0.1, 0.15) is 5.56 Å². The molecule has 24 heavy (non-hydrogen) atoms. The van der Waals surface area contributed by atoms with E-state index < -0.39 is 5.82 Å². The molecule has 2 rings (SSSR count). The minimum absolute atomic E-state index is 0.210. The highest BCUT2D eigenvalue weighted by Gasteiger charge is 2.11. The van der Waals surface area contributed by atoms with Crippen LogP contribution in [0.2, 0.25) is 10.0 Å². The van der Waals surface area contributed by atoms with E-state index in [-0.39, 0.29) is 6.54 Å². The third kappa shape index (κ3) is 4.63. The van der Waals surface area contributed by atoms with Crippen LogP contribution in [0.25, 0.3) is 0 Å². The molecule has 128 valence electrons. The highest BCUT2D eigenvalue weighted by Crippen LogP contribution is 2.35. The summed E-state index contributed by atoms with van der Waals surface area (Å²) in [7, 11) is 3.03. The van der Waals surface area contributed by atoms with Gasteiger partial charge in [-0.2, -0.15) is 0 Å². The third-order valence-electron chi connectivity index (χ3n) is 3.18. The lowest BCUT2D eigenvalue weighted by atomic mass is 10.2. The van der Waals surface area contributed by atoms with E-state index in [2.05, 4.69) is 10.6 Å². The second-order valence-electron chi connectivity index (χ2n) is 4.73. The Morgan fingerprint density at radius 3 is 2.46 bits per heavy atom. The van der Waals surface area contributed by atoms with Gasteiger partial charge in [-0.15, -0.1) is 0 Å². The van der Waals surface area contributed by atoms with Crippen molar-refractivity contribution >= 4 is 46.2 Å². The molecule has 0 saturated heterocycles. The van der Waals surface area contributed by atoms with Crippen LogP contribution in [-0.2, 0) is 6.54 Å². The molecule has 0 aromatic heterocycles. The SMILES string of the molecule is COc1cc(NC(=S)NCc2ccc(Cl)cc2F)c(OC)cc1Cl. The fourth-order valence-corrected chi connectivity index (χ4v) is 2.54. The van der Waals surface area contributed by atoms with E-state index in [1.54, 1.807) is 24.3 Å². The van der Waals surface area contributed by atoms with Gasteiger partial charge in [-0.1, -0.05) is 29.3 Å². The monoisotopic (exact) mass is 388 g/mol. The Morgan fingerprint density at radius 2 is 1.83 bits per heavy atom. The van der Waals surface area contributed by atoms with Gasteiger partial charge in [-0.3, -0.25) is 0 Å². The van der Waals surface area contributed by atoms with E-state index in [4.69, 9.17) is 44.9 Å². The molecule has 0 amide bonds. The number of nitrogens with one attached hydrogen (secondary N) is 2. The van der Waals surface area contributed by atoms with Crippen LogP contribution in [0.4, 0.5) is 10.1 Å². The van der Waals surface area contributed by atoms with E-state index in [1.165, 1.54) is 20.3 Å². The Bertz CT molecular complexity index is 759. The number of methoxy groups -OCH3 is 2. The van der Waals surface area contributed by atoms with Gasteiger partial charge in [0.2, 0.25) is 0 Å². The van der Waals surface area contributed by atoms with Crippen molar-refractivity contribution in [2.45, 2.75) is 6.54 Å². The molecule has 0 aliphatic heterocycles. The van der Waals surface area contributed by atoms with Crippen molar-refractivity contribution in [1.82, 2.24) is 5.32 Å². The minimum atomic E-state index is -0.399. The van der Waals surface area contributed by atoms with E-state index in [0.29, 0.717) is 37.9 Å². The van der Waals surface area contributed by atoms with Gasteiger partial charge >= 0.3 is 0 Å². The van der Waals surface area contributed by atoms with Gasteiger partial charge in [-0.05, 0) is 24.4 Å². The number of thiocarbonyl (C=S) groups is 1. The molecule has 0 aliphatic rings. The predicted octanol–water partition coefficient (Wildman–Crippen LogP) is 4.64. The number of halogens is 3. The molecule has 2 aromatic rings. The van der Waals surface area contributed by atoms with Gasteiger partial charge in [0, 0.05) is 29.3 Å². The topological polar surface area (TPSA) is 42.5 Å². The Labute approximate surface area is 154 Å². The van der Waals surface area contributed by atoms with Gasteiger partial charge in [0.25, 0.3) is 0 Å². The molecular weight excluding hydrogens is 374 g/mol. The van der Waals surface area contributed by atoms with Crippen molar-refractivity contribution < 1.29 is 13.9 Å². The molecule has 2 aromatic carbocycles. The second kappa shape index (κ2) is 8.37. The van der Waals surface area contributed by atoms with Crippen molar-refractivity contribution in [3.8, 4) is 11.5 Å². The Morgan fingerprint density at radius 1 is 1.12 bits per heavy atom. The maximum absolute atomic E-state index is 13.8. The zero-order valence-corrected chi connectivity index (χ0v) is 15.3. The normalized spacial score (nSPS) is 10.2. The summed E-state index contributed by atoms with van der Waals surface area (Å²) >= 11 is 17.0. The molecule has 8 heteroatoms. The molecule has 2 N–H and O–H groups in total. The lowest BCUT2D eigenvalue weighted by Crippen LogP contribution is -2.28. The van der Waals surface area contributed by atoms with Crippen molar-refractivity contribution in [2.24, 2.45) is 0 Å². The van der Waals surface area contributed by atoms with Gasteiger partial charge in [0.1, 0.15) is 17.3 Å². The minimum Gasteiger partial charge on any atom is -0.495 e. The lowest BCUT2D eigenvalue weighted by Gasteiger charge is -2.15. The molecule has 0 heterocycles. The first-order valence-corrected chi connectivity index (χ1v) is 8.01. The summed E-state index contributed by atoms with van der Waals surface area (Å²) in [5, 5.41) is 6.95. The van der Waals surface area contributed by atoms with Gasteiger partial charge in [0.15, 0.2) is 5.11 Å². The first kappa shape index (κ1) is 18.6. The molecule has 0 saturated carbocycles. The van der Waals surface area contributed by atoms with Crippen LogP contribution in [0, 0.1) is 5.82 Å². The highest BCUT2D eigenvalue weighted by molar-refractivity contribution is 7.80. The van der Waals surface area contributed by atoms with E-state index in [0.717, 1.165) is 0 Å². The molecule has 4 nitrogen and oxygen atoms in total. The second-order valence-corrected chi connectivity index (χ2v) is 5.98. The number of benzene rings is 2. The standard InChI is InChI=1S/C16H15Cl2FN2O2S/c1-22-14-7-13(15(23-2)6-11(14)18)21-16(24)20-8-9-3-4-10(17)5-12(9)19/h3-7H,8H2,1-2H3,(H2,20,21,24). The van der Waals surface area contributed by atoms with Crippen molar-refractivity contribution in [2.75, 3.05) is 19.5 Å². The maximum Gasteiger partial charge on any atom is 0.171 e. The van der Waals surface area contributed by atoms with Crippen molar-refractivity contribution in [3.05, 3.63) is 51.8 Å². The van der Waals surface area contributed by atoms with Gasteiger partial charge in [0.05, 0.1) is 24.9 Å². The Balaban J connectivity index is 2.06. The fourth-order valence-electron chi connectivity index (χ4n) is 1.97. The average Bonchev–Trinajstić information content (AvgIpc) is 2.55. The predicted molar refractivity (Wildman–Crippen MR) is 99.0 cm³/mol.